The highest BCUT2D eigenvalue weighted by Gasteiger charge is 2.23. The van der Waals surface area contributed by atoms with Crippen molar-refractivity contribution in [3.8, 4) is 0 Å². The fourth-order valence-corrected chi connectivity index (χ4v) is 2.42. The molecule has 1 amide bonds. The molecule has 3 rings (SSSR count). The van der Waals surface area contributed by atoms with Gasteiger partial charge in [-0.2, -0.15) is 4.98 Å². The van der Waals surface area contributed by atoms with Gasteiger partial charge >= 0.3 is 0 Å². The monoisotopic (exact) mass is 272 g/mol. The SMILES string of the molecule is Cc1noc(CNC(=O)CC2CNc3ccccc32)n1. The Labute approximate surface area is 116 Å². The van der Waals surface area contributed by atoms with Crippen molar-refractivity contribution >= 4 is 11.6 Å². The Morgan fingerprint density at radius 1 is 1.50 bits per heavy atom. The molecular formula is C14H16N4O2. The van der Waals surface area contributed by atoms with Crippen LogP contribution in [-0.4, -0.2) is 22.6 Å². The second-order valence-corrected chi connectivity index (χ2v) is 4.88. The van der Waals surface area contributed by atoms with Gasteiger partial charge in [0.2, 0.25) is 11.8 Å². The zero-order valence-electron chi connectivity index (χ0n) is 11.2. The van der Waals surface area contributed by atoms with Gasteiger partial charge < -0.3 is 15.2 Å². The highest BCUT2D eigenvalue weighted by atomic mass is 16.5. The number of hydrogen-bond donors (Lipinski definition) is 2. The van der Waals surface area contributed by atoms with Crippen LogP contribution in [0.25, 0.3) is 0 Å². The maximum Gasteiger partial charge on any atom is 0.246 e. The van der Waals surface area contributed by atoms with Crippen LogP contribution in [-0.2, 0) is 11.3 Å². The molecule has 2 heterocycles. The highest BCUT2D eigenvalue weighted by molar-refractivity contribution is 5.78. The van der Waals surface area contributed by atoms with E-state index >= 15 is 0 Å². The lowest BCUT2D eigenvalue weighted by Gasteiger charge is -2.09. The number of rotatable bonds is 4. The van der Waals surface area contributed by atoms with Gasteiger partial charge in [0.15, 0.2) is 5.82 Å². The molecule has 6 nitrogen and oxygen atoms in total. The summed E-state index contributed by atoms with van der Waals surface area (Å²) in [5, 5.41) is 9.80. The van der Waals surface area contributed by atoms with Crippen molar-refractivity contribution < 1.29 is 9.32 Å². The summed E-state index contributed by atoms with van der Waals surface area (Å²) in [4.78, 5) is 16.0. The molecule has 0 spiro atoms. The number of hydrogen-bond acceptors (Lipinski definition) is 5. The molecule has 1 aromatic heterocycles. The van der Waals surface area contributed by atoms with Crippen LogP contribution < -0.4 is 10.6 Å². The largest absolute Gasteiger partial charge is 0.384 e. The number of anilines is 1. The van der Waals surface area contributed by atoms with Gasteiger partial charge in [-0.15, -0.1) is 0 Å². The number of nitrogens with one attached hydrogen (secondary N) is 2. The van der Waals surface area contributed by atoms with Crippen LogP contribution >= 0.6 is 0 Å². The number of nitrogens with zero attached hydrogens (tertiary/aromatic N) is 2. The van der Waals surface area contributed by atoms with E-state index < -0.39 is 0 Å². The molecular weight excluding hydrogens is 256 g/mol. The minimum absolute atomic E-state index is 0.00986. The number of amides is 1. The molecule has 2 aromatic rings. The molecule has 104 valence electrons. The molecule has 1 atom stereocenters. The van der Waals surface area contributed by atoms with Gasteiger partial charge in [-0.1, -0.05) is 23.4 Å². The summed E-state index contributed by atoms with van der Waals surface area (Å²) in [6.45, 7) is 2.82. The Bertz CT molecular complexity index is 623. The van der Waals surface area contributed by atoms with Crippen LogP contribution in [0, 0.1) is 6.92 Å². The summed E-state index contributed by atoms with van der Waals surface area (Å²) in [5.74, 6) is 1.21. The van der Waals surface area contributed by atoms with Crippen molar-refractivity contribution in [3.05, 3.63) is 41.5 Å². The normalized spacial score (nSPS) is 16.6. The molecule has 0 bridgehead atoms. The quantitative estimate of drug-likeness (QED) is 0.883. The van der Waals surface area contributed by atoms with Gasteiger partial charge in [0.05, 0.1) is 6.54 Å². The number of fused-ring (bicyclic) bond motifs is 1. The number of aryl methyl sites for hydroxylation is 1. The highest BCUT2D eigenvalue weighted by Crippen LogP contribution is 2.32. The van der Waals surface area contributed by atoms with E-state index in [0.29, 0.717) is 18.1 Å². The number of carbonyl (C=O) groups is 1. The van der Waals surface area contributed by atoms with Gasteiger partial charge in [0.1, 0.15) is 0 Å². The van der Waals surface area contributed by atoms with E-state index in [9.17, 15) is 4.79 Å². The molecule has 0 saturated heterocycles. The summed E-state index contributed by atoms with van der Waals surface area (Å²) < 4.78 is 4.95. The molecule has 0 saturated carbocycles. The summed E-state index contributed by atoms with van der Waals surface area (Å²) in [7, 11) is 0. The zero-order chi connectivity index (χ0) is 13.9. The number of aromatic nitrogens is 2. The summed E-state index contributed by atoms with van der Waals surface area (Å²) in [6.07, 6.45) is 0.455. The first kappa shape index (κ1) is 12.7. The van der Waals surface area contributed by atoms with Crippen LogP contribution in [0.5, 0.6) is 0 Å². The third-order valence-electron chi connectivity index (χ3n) is 3.38. The third-order valence-corrected chi connectivity index (χ3v) is 3.38. The van der Waals surface area contributed by atoms with Crippen molar-refractivity contribution in [2.45, 2.75) is 25.8 Å². The van der Waals surface area contributed by atoms with E-state index in [-0.39, 0.29) is 18.4 Å². The van der Waals surface area contributed by atoms with E-state index in [0.717, 1.165) is 12.2 Å². The van der Waals surface area contributed by atoms with E-state index in [4.69, 9.17) is 4.52 Å². The smallest absolute Gasteiger partial charge is 0.246 e. The lowest BCUT2D eigenvalue weighted by molar-refractivity contribution is -0.121. The second-order valence-electron chi connectivity index (χ2n) is 4.88. The molecule has 6 heteroatoms. The summed E-state index contributed by atoms with van der Waals surface area (Å²) in [5.41, 5.74) is 2.33. The van der Waals surface area contributed by atoms with Gasteiger partial charge in [0.25, 0.3) is 0 Å². The van der Waals surface area contributed by atoms with Crippen LogP contribution in [0.1, 0.15) is 29.6 Å². The van der Waals surface area contributed by atoms with Crippen LogP contribution in [0.4, 0.5) is 5.69 Å². The average molecular weight is 272 g/mol. The first-order chi connectivity index (χ1) is 9.72. The standard InChI is InChI=1S/C14H16N4O2/c1-9-17-14(20-18-9)8-16-13(19)6-10-7-15-12-5-3-2-4-11(10)12/h2-5,10,15H,6-8H2,1H3,(H,16,19). The molecule has 1 aromatic carbocycles. The predicted octanol–water partition coefficient (Wildman–Crippen LogP) is 1.59. The third kappa shape index (κ3) is 2.64. The lowest BCUT2D eigenvalue weighted by atomic mass is 9.98. The Balaban J connectivity index is 1.55. The van der Waals surface area contributed by atoms with Crippen LogP contribution in [0.15, 0.2) is 28.8 Å². The zero-order valence-corrected chi connectivity index (χ0v) is 11.2. The first-order valence-corrected chi connectivity index (χ1v) is 6.61. The molecule has 0 radical (unpaired) electrons. The topological polar surface area (TPSA) is 80.0 Å². The van der Waals surface area contributed by atoms with Crippen molar-refractivity contribution in [1.29, 1.82) is 0 Å². The molecule has 0 fully saturated rings. The molecule has 1 aliphatic rings. The molecule has 20 heavy (non-hydrogen) atoms. The molecule has 2 N–H and O–H groups in total. The van der Waals surface area contributed by atoms with E-state index in [1.807, 2.05) is 18.2 Å². The van der Waals surface area contributed by atoms with Gasteiger partial charge in [-0.25, -0.2) is 0 Å². The van der Waals surface area contributed by atoms with Crippen molar-refractivity contribution in [3.63, 3.8) is 0 Å². The van der Waals surface area contributed by atoms with Crippen molar-refractivity contribution in [2.24, 2.45) is 0 Å². The van der Waals surface area contributed by atoms with E-state index in [1.165, 1.54) is 5.56 Å². The molecule has 0 aliphatic carbocycles. The number of benzene rings is 1. The fourth-order valence-electron chi connectivity index (χ4n) is 2.42. The maximum absolute atomic E-state index is 12.0. The Morgan fingerprint density at radius 2 is 2.35 bits per heavy atom. The van der Waals surface area contributed by atoms with E-state index in [1.54, 1.807) is 6.92 Å². The Morgan fingerprint density at radius 3 is 3.15 bits per heavy atom. The summed E-state index contributed by atoms with van der Waals surface area (Å²) >= 11 is 0. The Hall–Kier alpha value is -2.37. The first-order valence-electron chi connectivity index (χ1n) is 6.61. The average Bonchev–Trinajstić information content (AvgIpc) is 3.04. The number of carbonyl (C=O) groups excluding carboxylic acids is 1. The van der Waals surface area contributed by atoms with E-state index in [2.05, 4.69) is 26.8 Å². The fraction of sp³-hybridized carbons (Fsp3) is 0.357. The van der Waals surface area contributed by atoms with Crippen molar-refractivity contribution in [2.75, 3.05) is 11.9 Å². The summed E-state index contributed by atoms with van der Waals surface area (Å²) in [6, 6.07) is 8.09. The molecule has 1 unspecified atom stereocenters. The minimum Gasteiger partial charge on any atom is -0.384 e. The number of para-hydroxylation sites is 1. The van der Waals surface area contributed by atoms with Gasteiger partial charge in [-0.3, -0.25) is 4.79 Å². The lowest BCUT2D eigenvalue weighted by Crippen LogP contribution is -2.25. The minimum atomic E-state index is -0.00986. The van der Waals surface area contributed by atoms with Crippen molar-refractivity contribution in [1.82, 2.24) is 15.5 Å². The van der Waals surface area contributed by atoms with Crippen LogP contribution in [0.3, 0.4) is 0 Å². The molecule has 1 aliphatic heterocycles. The van der Waals surface area contributed by atoms with Crippen LogP contribution in [0.2, 0.25) is 0 Å². The Kier molecular flexibility index (Phi) is 3.37. The van der Waals surface area contributed by atoms with Gasteiger partial charge in [-0.05, 0) is 18.6 Å². The second kappa shape index (κ2) is 5.32. The predicted molar refractivity (Wildman–Crippen MR) is 73.2 cm³/mol. The van der Waals surface area contributed by atoms with Gasteiger partial charge in [0, 0.05) is 24.6 Å². The maximum atomic E-state index is 12.0.